The lowest BCUT2D eigenvalue weighted by Crippen LogP contribution is -2.36. The maximum atomic E-state index is 12.6. The van der Waals surface area contributed by atoms with E-state index in [2.05, 4.69) is 25.3 Å². The molecule has 0 fully saturated rings. The minimum absolute atomic E-state index is 0.137. The van der Waals surface area contributed by atoms with Gasteiger partial charge >= 0.3 is 6.61 Å². The van der Waals surface area contributed by atoms with Crippen molar-refractivity contribution in [2.45, 2.75) is 26.6 Å². The fourth-order valence-electron chi connectivity index (χ4n) is 2.73. The Morgan fingerprint density at radius 3 is 2.62 bits per heavy atom. The van der Waals surface area contributed by atoms with Crippen molar-refractivity contribution in [3.63, 3.8) is 0 Å². The van der Waals surface area contributed by atoms with Crippen molar-refractivity contribution >= 4 is 5.96 Å². The van der Waals surface area contributed by atoms with Gasteiger partial charge in [-0.1, -0.05) is 35.9 Å². The molecule has 0 atom stereocenters. The van der Waals surface area contributed by atoms with Crippen LogP contribution in [0, 0.1) is 6.92 Å². The van der Waals surface area contributed by atoms with Crippen LogP contribution >= 0.6 is 0 Å². The molecule has 0 radical (unpaired) electrons. The number of halogens is 2. The molecule has 8 heteroatoms. The van der Waals surface area contributed by atoms with Crippen molar-refractivity contribution in [2.24, 2.45) is 4.99 Å². The summed E-state index contributed by atoms with van der Waals surface area (Å²) >= 11 is 0. The molecule has 0 aliphatic carbocycles. The Balaban J connectivity index is 1.58. The first-order valence-corrected chi connectivity index (χ1v) is 9.04. The van der Waals surface area contributed by atoms with Crippen molar-refractivity contribution in [1.82, 2.24) is 15.6 Å². The molecule has 0 saturated carbocycles. The topological polar surface area (TPSA) is 71.7 Å². The van der Waals surface area contributed by atoms with E-state index in [4.69, 9.17) is 4.42 Å². The molecule has 29 heavy (non-hydrogen) atoms. The zero-order valence-electron chi connectivity index (χ0n) is 16.2. The van der Waals surface area contributed by atoms with Crippen LogP contribution in [-0.2, 0) is 13.1 Å². The summed E-state index contributed by atoms with van der Waals surface area (Å²) in [4.78, 5) is 8.59. The first-order chi connectivity index (χ1) is 14.0. The Morgan fingerprint density at radius 1 is 1.14 bits per heavy atom. The van der Waals surface area contributed by atoms with Crippen molar-refractivity contribution in [1.29, 1.82) is 0 Å². The highest BCUT2D eigenvalue weighted by Gasteiger charge is 2.11. The Bertz CT molecular complexity index is 958. The third-order valence-corrected chi connectivity index (χ3v) is 4.11. The van der Waals surface area contributed by atoms with Crippen LogP contribution in [0.15, 0.2) is 64.2 Å². The van der Waals surface area contributed by atoms with Gasteiger partial charge in [-0.05, 0) is 25.1 Å². The molecule has 1 aromatic heterocycles. The summed E-state index contributed by atoms with van der Waals surface area (Å²) in [5.74, 6) is 1.18. The number of nitrogens with zero attached hydrogens (tertiary/aromatic N) is 2. The number of ether oxygens (including phenoxy) is 1. The highest BCUT2D eigenvalue weighted by molar-refractivity contribution is 5.79. The maximum absolute atomic E-state index is 12.6. The number of hydrogen-bond acceptors (Lipinski definition) is 4. The molecule has 2 aromatic carbocycles. The molecule has 6 nitrogen and oxygen atoms in total. The average molecular weight is 400 g/mol. The average Bonchev–Trinajstić information content (AvgIpc) is 3.19. The van der Waals surface area contributed by atoms with Gasteiger partial charge in [0.1, 0.15) is 12.0 Å². The van der Waals surface area contributed by atoms with E-state index in [1.54, 1.807) is 25.4 Å². The number of guanidine groups is 1. The van der Waals surface area contributed by atoms with Crippen LogP contribution in [0.4, 0.5) is 8.78 Å². The van der Waals surface area contributed by atoms with Gasteiger partial charge in [-0.3, -0.25) is 4.99 Å². The molecule has 0 spiro atoms. The van der Waals surface area contributed by atoms with Crippen LogP contribution in [0.2, 0.25) is 0 Å². The van der Waals surface area contributed by atoms with Gasteiger partial charge < -0.3 is 19.8 Å². The van der Waals surface area contributed by atoms with E-state index in [9.17, 15) is 8.78 Å². The number of hydrogen-bond donors (Lipinski definition) is 2. The number of nitrogens with one attached hydrogen (secondary N) is 2. The van der Waals surface area contributed by atoms with Gasteiger partial charge in [0.25, 0.3) is 0 Å². The molecule has 0 amide bonds. The highest BCUT2D eigenvalue weighted by atomic mass is 19.3. The monoisotopic (exact) mass is 400 g/mol. The third kappa shape index (κ3) is 5.78. The SMILES string of the molecule is CN=C(NCc1coc(-c2ccccc2)n1)NCc1cc(C)ccc1OC(F)F. The number of benzene rings is 2. The van der Waals surface area contributed by atoms with Gasteiger partial charge in [-0.25, -0.2) is 4.98 Å². The van der Waals surface area contributed by atoms with E-state index in [1.165, 1.54) is 6.07 Å². The first-order valence-electron chi connectivity index (χ1n) is 9.04. The second-order valence-corrected chi connectivity index (χ2v) is 6.28. The minimum atomic E-state index is -2.88. The zero-order valence-corrected chi connectivity index (χ0v) is 16.2. The predicted molar refractivity (Wildman–Crippen MR) is 107 cm³/mol. The zero-order chi connectivity index (χ0) is 20.6. The molecule has 0 unspecified atom stereocenters. The van der Waals surface area contributed by atoms with Crippen LogP contribution in [0.25, 0.3) is 11.5 Å². The number of rotatable bonds is 7. The largest absolute Gasteiger partial charge is 0.444 e. The third-order valence-electron chi connectivity index (χ3n) is 4.11. The Morgan fingerprint density at radius 2 is 1.90 bits per heavy atom. The summed E-state index contributed by atoms with van der Waals surface area (Å²) in [6, 6.07) is 14.7. The molecule has 3 rings (SSSR count). The van der Waals surface area contributed by atoms with Crippen LogP contribution in [0.5, 0.6) is 5.75 Å². The van der Waals surface area contributed by atoms with E-state index in [0.29, 0.717) is 29.7 Å². The van der Waals surface area contributed by atoms with Crippen LogP contribution in [0.3, 0.4) is 0 Å². The second-order valence-electron chi connectivity index (χ2n) is 6.28. The maximum Gasteiger partial charge on any atom is 0.387 e. The summed E-state index contributed by atoms with van der Waals surface area (Å²) in [5.41, 5.74) is 3.17. The number of aryl methyl sites for hydroxylation is 1. The summed E-state index contributed by atoms with van der Waals surface area (Å²) in [6.07, 6.45) is 1.58. The van der Waals surface area contributed by atoms with E-state index >= 15 is 0 Å². The van der Waals surface area contributed by atoms with Gasteiger partial charge in [0.2, 0.25) is 5.89 Å². The van der Waals surface area contributed by atoms with Crippen LogP contribution in [-0.4, -0.2) is 24.6 Å². The van der Waals surface area contributed by atoms with E-state index in [0.717, 1.165) is 11.1 Å². The van der Waals surface area contributed by atoms with Crippen molar-refractivity contribution in [2.75, 3.05) is 7.05 Å². The standard InChI is InChI=1S/C21H22F2N4O2/c1-14-8-9-18(29-20(22)23)16(10-14)11-25-21(24-2)26-12-17-13-28-19(27-17)15-6-4-3-5-7-15/h3-10,13,20H,11-12H2,1-2H3,(H2,24,25,26). The highest BCUT2D eigenvalue weighted by Crippen LogP contribution is 2.22. The molecule has 1 heterocycles. The second kappa shape index (κ2) is 9.68. The smallest absolute Gasteiger partial charge is 0.387 e. The molecule has 0 aliphatic rings. The first kappa shape index (κ1) is 20.3. The Kier molecular flexibility index (Phi) is 6.78. The summed E-state index contributed by atoms with van der Waals surface area (Å²) < 4.78 is 35.3. The van der Waals surface area contributed by atoms with Gasteiger partial charge in [-0.15, -0.1) is 0 Å². The molecule has 2 N–H and O–H groups in total. The normalized spacial score (nSPS) is 11.6. The molecule has 0 bridgehead atoms. The number of aromatic nitrogens is 1. The summed E-state index contributed by atoms with van der Waals surface area (Å²) in [6.45, 7) is -0.320. The van der Waals surface area contributed by atoms with Crippen molar-refractivity contribution in [3.8, 4) is 17.2 Å². The fraction of sp³-hybridized carbons (Fsp3) is 0.238. The molecule has 3 aromatic rings. The lowest BCUT2D eigenvalue weighted by Gasteiger charge is -2.14. The van der Waals surface area contributed by atoms with E-state index in [-0.39, 0.29) is 12.3 Å². The van der Waals surface area contributed by atoms with Gasteiger partial charge in [-0.2, -0.15) is 8.78 Å². The molecular formula is C21H22F2N4O2. The van der Waals surface area contributed by atoms with Gasteiger partial charge in [0, 0.05) is 24.7 Å². The fourth-order valence-corrected chi connectivity index (χ4v) is 2.73. The molecule has 0 saturated heterocycles. The summed E-state index contributed by atoms with van der Waals surface area (Å²) in [7, 11) is 1.63. The number of oxazole rings is 1. The van der Waals surface area contributed by atoms with Crippen molar-refractivity contribution < 1.29 is 17.9 Å². The lowest BCUT2D eigenvalue weighted by atomic mass is 10.1. The minimum Gasteiger partial charge on any atom is -0.444 e. The van der Waals surface area contributed by atoms with Crippen molar-refractivity contribution in [3.05, 3.63) is 71.6 Å². The molecular weight excluding hydrogens is 378 g/mol. The van der Waals surface area contributed by atoms with E-state index in [1.807, 2.05) is 37.3 Å². The van der Waals surface area contributed by atoms with E-state index < -0.39 is 6.61 Å². The Labute approximate surface area is 167 Å². The van der Waals surface area contributed by atoms with Crippen LogP contribution < -0.4 is 15.4 Å². The van der Waals surface area contributed by atoms with Gasteiger partial charge in [0.05, 0.1) is 12.2 Å². The molecule has 152 valence electrons. The summed E-state index contributed by atoms with van der Waals surface area (Å²) in [5, 5.41) is 6.21. The number of aliphatic imine (C=N–C) groups is 1. The number of alkyl halides is 2. The lowest BCUT2D eigenvalue weighted by molar-refractivity contribution is -0.0504. The van der Waals surface area contributed by atoms with Crippen LogP contribution in [0.1, 0.15) is 16.8 Å². The van der Waals surface area contributed by atoms with Gasteiger partial charge in [0.15, 0.2) is 5.96 Å². The molecule has 0 aliphatic heterocycles. The Hall–Kier alpha value is -3.42. The predicted octanol–water partition coefficient (Wildman–Crippen LogP) is 4.12. The quantitative estimate of drug-likeness (QED) is 0.461.